The van der Waals surface area contributed by atoms with E-state index in [9.17, 15) is 4.79 Å². The van der Waals surface area contributed by atoms with Gasteiger partial charge in [0.2, 0.25) is 0 Å². The fourth-order valence-electron chi connectivity index (χ4n) is 1.59. The van der Waals surface area contributed by atoms with Crippen molar-refractivity contribution < 1.29 is 4.79 Å². The lowest BCUT2D eigenvalue weighted by molar-refractivity contribution is 0.100. The molecule has 1 aromatic carbocycles. The molecule has 0 aliphatic carbocycles. The number of hydrogen-bond donors (Lipinski definition) is 3. The van der Waals surface area contributed by atoms with Crippen molar-refractivity contribution in [2.24, 2.45) is 17.4 Å². The first-order valence-electron chi connectivity index (χ1n) is 5.52. The maximum atomic E-state index is 11.4. The summed E-state index contributed by atoms with van der Waals surface area (Å²) in [5, 5.41) is 3.26. The number of benzene rings is 1. The smallest absolute Gasteiger partial charge is 0.251 e. The molecule has 5 N–H and O–H groups in total. The van der Waals surface area contributed by atoms with Gasteiger partial charge in [0.1, 0.15) is 0 Å². The first kappa shape index (κ1) is 14.0. The van der Waals surface area contributed by atoms with E-state index in [0.717, 1.165) is 5.69 Å². The second kappa shape index (κ2) is 6.02. The highest BCUT2D eigenvalue weighted by atomic mass is 79.9. The van der Waals surface area contributed by atoms with E-state index >= 15 is 0 Å². The van der Waals surface area contributed by atoms with Crippen molar-refractivity contribution in [1.82, 2.24) is 0 Å². The highest BCUT2D eigenvalue weighted by Crippen LogP contribution is 2.25. The molecule has 0 fully saturated rings. The zero-order valence-corrected chi connectivity index (χ0v) is 11.6. The average molecular weight is 300 g/mol. The van der Waals surface area contributed by atoms with Gasteiger partial charge in [-0.1, -0.05) is 19.9 Å². The molecule has 0 saturated heterocycles. The van der Waals surface area contributed by atoms with E-state index in [2.05, 4.69) is 35.1 Å². The lowest BCUT2D eigenvalue weighted by Crippen LogP contribution is -2.34. The molecule has 4 nitrogen and oxygen atoms in total. The Kier molecular flexibility index (Phi) is 4.96. The van der Waals surface area contributed by atoms with Gasteiger partial charge in [-0.15, -0.1) is 0 Å². The van der Waals surface area contributed by atoms with Crippen LogP contribution >= 0.6 is 15.9 Å². The van der Waals surface area contributed by atoms with Crippen LogP contribution in [0.3, 0.4) is 0 Å². The predicted molar refractivity (Wildman–Crippen MR) is 74.0 cm³/mol. The molecule has 1 unspecified atom stereocenters. The van der Waals surface area contributed by atoms with Gasteiger partial charge in [0.25, 0.3) is 5.91 Å². The summed E-state index contributed by atoms with van der Waals surface area (Å²) in [4.78, 5) is 11.4. The summed E-state index contributed by atoms with van der Waals surface area (Å²) in [6.07, 6.45) is 0. The van der Waals surface area contributed by atoms with E-state index in [-0.39, 0.29) is 6.04 Å². The zero-order chi connectivity index (χ0) is 13.0. The van der Waals surface area contributed by atoms with Gasteiger partial charge in [0, 0.05) is 22.7 Å². The van der Waals surface area contributed by atoms with Crippen molar-refractivity contribution in [2.75, 3.05) is 11.9 Å². The second-order valence-electron chi connectivity index (χ2n) is 4.26. The summed E-state index contributed by atoms with van der Waals surface area (Å²) in [5.74, 6) is -0.0841. The van der Waals surface area contributed by atoms with Crippen molar-refractivity contribution in [1.29, 1.82) is 0 Å². The number of amides is 1. The molecule has 0 saturated carbocycles. The number of primary amides is 1. The third kappa shape index (κ3) is 3.44. The van der Waals surface area contributed by atoms with E-state index in [1.807, 2.05) is 12.1 Å². The van der Waals surface area contributed by atoms with Crippen molar-refractivity contribution in [3.05, 3.63) is 28.2 Å². The molecule has 0 bridgehead atoms. The quantitative estimate of drug-likeness (QED) is 0.777. The van der Waals surface area contributed by atoms with Crippen molar-refractivity contribution in [2.45, 2.75) is 19.9 Å². The Morgan fingerprint density at radius 3 is 2.59 bits per heavy atom. The van der Waals surface area contributed by atoms with Gasteiger partial charge in [-0.25, -0.2) is 0 Å². The predicted octanol–water partition coefficient (Wildman–Crippen LogP) is 1.94. The average Bonchev–Trinajstić information content (AvgIpc) is 2.24. The number of hydrogen-bond acceptors (Lipinski definition) is 3. The minimum Gasteiger partial charge on any atom is -0.380 e. The minimum absolute atomic E-state index is 0.113. The minimum atomic E-state index is -0.459. The Labute approximate surface area is 110 Å². The van der Waals surface area contributed by atoms with Crippen LogP contribution in [0.15, 0.2) is 22.7 Å². The molecular formula is C12H18BrN3O. The van der Waals surface area contributed by atoms with E-state index in [4.69, 9.17) is 11.5 Å². The molecule has 0 radical (unpaired) electrons. The third-order valence-corrected chi connectivity index (χ3v) is 3.32. The summed E-state index contributed by atoms with van der Waals surface area (Å²) < 4.78 is 0.689. The van der Waals surface area contributed by atoms with Gasteiger partial charge >= 0.3 is 0 Å². The Bertz CT molecular complexity index is 407. The molecule has 94 valence electrons. The number of halogens is 1. The number of nitrogens with two attached hydrogens (primary N) is 2. The number of rotatable bonds is 5. The van der Waals surface area contributed by atoms with Gasteiger partial charge in [-0.3, -0.25) is 4.79 Å². The van der Waals surface area contributed by atoms with Crippen LogP contribution in [0.5, 0.6) is 0 Å². The molecule has 5 heteroatoms. The lowest BCUT2D eigenvalue weighted by atomic mass is 10.0. The standard InChI is InChI=1S/C12H18BrN3O/c1-7(2)10(6-14)16-9-5-3-4-8(13)11(9)12(15)17/h3-5,7,10,16H,6,14H2,1-2H3,(H2,15,17). The first-order valence-corrected chi connectivity index (χ1v) is 6.31. The monoisotopic (exact) mass is 299 g/mol. The van der Waals surface area contributed by atoms with E-state index < -0.39 is 5.91 Å². The largest absolute Gasteiger partial charge is 0.380 e. The first-order chi connectivity index (χ1) is 7.97. The summed E-state index contributed by atoms with van der Waals surface area (Å²) >= 11 is 3.32. The molecule has 1 atom stereocenters. The summed E-state index contributed by atoms with van der Waals surface area (Å²) in [5.41, 5.74) is 12.2. The van der Waals surface area contributed by atoms with Crippen LogP contribution in [0.4, 0.5) is 5.69 Å². The third-order valence-electron chi connectivity index (χ3n) is 2.66. The van der Waals surface area contributed by atoms with Crippen LogP contribution < -0.4 is 16.8 Å². The van der Waals surface area contributed by atoms with Gasteiger partial charge in [0.05, 0.1) is 5.56 Å². The van der Waals surface area contributed by atoms with E-state index in [1.54, 1.807) is 6.07 Å². The Morgan fingerprint density at radius 2 is 2.12 bits per heavy atom. The summed E-state index contributed by atoms with van der Waals surface area (Å²) in [6, 6.07) is 5.59. The van der Waals surface area contributed by atoms with Crippen molar-refractivity contribution in [3.8, 4) is 0 Å². The maximum absolute atomic E-state index is 11.4. The fourth-order valence-corrected chi connectivity index (χ4v) is 2.15. The Hall–Kier alpha value is -1.07. The molecule has 0 aromatic heterocycles. The Morgan fingerprint density at radius 1 is 1.47 bits per heavy atom. The van der Waals surface area contributed by atoms with Crippen molar-refractivity contribution in [3.63, 3.8) is 0 Å². The zero-order valence-electron chi connectivity index (χ0n) is 10.0. The topological polar surface area (TPSA) is 81.1 Å². The molecule has 1 amide bonds. The highest BCUT2D eigenvalue weighted by molar-refractivity contribution is 9.10. The van der Waals surface area contributed by atoms with Gasteiger partial charge < -0.3 is 16.8 Å². The molecule has 1 aromatic rings. The number of anilines is 1. The molecule has 0 spiro atoms. The fraction of sp³-hybridized carbons (Fsp3) is 0.417. The maximum Gasteiger partial charge on any atom is 0.251 e. The summed E-state index contributed by atoms with van der Waals surface area (Å²) in [7, 11) is 0. The van der Waals surface area contributed by atoms with E-state index in [1.165, 1.54) is 0 Å². The van der Waals surface area contributed by atoms with E-state index in [0.29, 0.717) is 22.5 Å². The Balaban J connectivity index is 3.05. The molecule has 0 aliphatic heterocycles. The number of carbonyl (C=O) groups excluding carboxylic acids is 1. The SMILES string of the molecule is CC(C)C(CN)Nc1cccc(Br)c1C(N)=O. The highest BCUT2D eigenvalue weighted by Gasteiger charge is 2.16. The van der Waals surface area contributed by atoms with Crippen LogP contribution in [0, 0.1) is 5.92 Å². The van der Waals surface area contributed by atoms with Gasteiger partial charge in [-0.05, 0) is 34.0 Å². The summed E-state index contributed by atoms with van der Waals surface area (Å²) in [6.45, 7) is 4.65. The van der Waals surface area contributed by atoms with Crippen molar-refractivity contribution >= 4 is 27.5 Å². The van der Waals surface area contributed by atoms with Gasteiger partial charge in [-0.2, -0.15) is 0 Å². The molecular weight excluding hydrogens is 282 g/mol. The molecule has 0 heterocycles. The number of carbonyl (C=O) groups is 1. The second-order valence-corrected chi connectivity index (χ2v) is 5.11. The normalized spacial score (nSPS) is 12.5. The van der Waals surface area contributed by atoms with Crippen LogP contribution in [0.25, 0.3) is 0 Å². The molecule has 1 rings (SSSR count). The lowest BCUT2D eigenvalue weighted by Gasteiger charge is -2.23. The molecule has 0 aliphatic rings. The van der Waals surface area contributed by atoms with Crippen LogP contribution in [-0.4, -0.2) is 18.5 Å². The van der Waals surface area contributed by atoms with Crippen LogP contribution in [0.1, 0.15) is 24.2 Å². The van der Waals surface area contributed by atoms with Gasteiger partial charge in [0.15, 0.2) is 0 Å². The van der Waals surface area contributed by atoms with Crippen LogP contribution in [0.2, 0.25) is 0 Å². The molecule has 17 heavy (non-hydrogen) atoms. The van der Waals surface area contributed by atoms with Crippen LogP contribution in [-0.2, 0) is 0 Å². The number of nitrogens with one attached hydrogen (secondary N) is 1.